The molecule has 21 heavy (non-hydrogen) atoms. The Morgan fingerprint density at radius 3 is 2.52 bits per heavy atom. The molecule has 1 aromatic rings. The van der Waals surface area contributed by atoms with Crippen LogP contribution in [0.15, 0.2) is 24.3 Å². The van der Waals surface area contributed by atoms with Crippen molar-refractivity contribution in [2.45, 2.75) is 12.7 Å². The van der Waals surface area contributed by atoms with E-state index in [1.165, 1.54) is 22.9 Å². The monoisotopic (exact) mass is 310 g/mol. The van der Waals surface area contributed by atoms with E-state index in [0.29, 0.717) is 18.9 Å². The van der Waals surface area contributed by atoms with Crippen molar-refractivity contribution in [3.8, 4) is 0 Å². The van der Waals surface area contributed by atoms with Gasteiger partial charge in [0.15, 0.2) is 0 Å². The number of carbonyl (C=O) groups is 2. The van der Waals surface area contributed by atoms with Crippen LogP contribution in [-0.4, -0.2) is 44.4 Å². The molecule has 0 fully saturated rings. The number of rotatable bonds is 9. The number of hydrogen-bond acceptors (Lipinski definition) is 4. The fraction of sp³-hybridized carbons (Fsp3) is 0.467. The van der Waals surface area contributed by atoms with Crippen LogP contribution >= 0.6 is 11.8 Å². The van der Waals surface area contributed by atoms with Gasteiger partial charge in [0.2, 0.25) is 11.8 Å². The summed E-state index contributed by atoms with van der Waals surface area (Å²) in [6, 6.07) is 8.23. The molecule has 0 aliphatic rings. The van der Waals surface area contributed by atoms with Gasteiger partial charge in [-0.1, -0.05) is 29.8 Å². The predicted molar refractivity (Wildman–Crippen MR) is 85.2 cm³/mol. The van der Waals surface area contributed by atoms with Gasteiger partial charge in [-0.2, -0.15) is 0 Å². The first-order chi connectivity index (χ1) is 10.1. The van der Waals surface area contributed by atoms with E-state index in [9.17, 15) is 9.59 Å². The third-order valence-electron chi connectivity index (χ3n) is 2.70. The van der Waals surface area contributed by atoms with Gasteiger partial charge >= 0.3 is 0 Å². The van der Waals surface area contributed by atoms with Crippen molar-refractivity contribution in [1.82, 2.24) is 10.6 Å². The highest BCUT2D eigenvalue weighted by Gasteiger charge is 2.05. The standard InChI is InChI=1S/C15H22N2O3S/c1-12-3-5-13(6-4-12)10-21-11-15(19)17-9-14(18)16-7-8-20-2/h3-6H,7-11H2,1-2H3,(H,16,18)(H,17,19). The van der Waals surface area contributed by atoms with Crippen molar-refractivity contribution in [1.29, 1.82) is 0 Å². The number of carbonyl (C=O) groups excluding carboxylic acids is 2. The van der Waals surface area contributed by atoms with Gasteiger partial charge in [0, 0.05) is 19.4 Å². The smallest absolute Gasteiger partial charge is 0.239 e. The molecule has 2 amide bonds. The van der Waals surface area contributed by atoms with Crippen molar-refractivity contribution in [2.75, 3.05) is 32.6 Å². The molecule has 0 spiro atoms. The Hall–Kier alpha value is -1.53. The summed E-state index contributed by atoms with van der Waals surface area (Å²) in [5.74, 6) is 0.797. The average Bonchev–Trinajstić information content (AvgIpc) is 2.47. The Labute approximate surface area is 129 Å². The molecule has 5 nitrogen and oxygen atoms in total. The molecule has 0 saturated carbocycles. The lowest BCUT2D eigenvalue weighted by Crippen LogP contribution is -2.38. The molecule has 116 valence electrons. The maximum Gasteiger partial charge on any atom is 0.239 e. The molecule has 0 heterocycles. The minimum atomic E-state index is -0.205. The van der Waals surface area contributed by atoms with Crippen LogP contribution < -0.4 is 10.6 Å². The van der Waals surface area contributed by atoms with Gasteiger partial charge in [-0.3, -0.25) is 9.59 Å². The zero-order valence-electron chi connectivity index (χ0n) is 12.5. The maximum absolute atomic E-state index is 11.6. The summed E-state index contributed by atoms with van der Waals surface area (Å²) in [6.07, 6.45) is 0. The molecule has 1 rings (SSSR count). The number of benzene rings is 1. The molecular formula is C15H22N2O3S. The van der Waals surface area contributed by atoms with E-state index in [2.05, 4.69) is 34.9 Å². The molecule has 0 aliphatic carbocycles. The van der Waals surface area contributed by atoms with Crippen LogP contribution in [0.25, 0.3) is 0 Å². The van der Waals surface area contributed by atoms with E-state index in [0.717, 1.165) is 5.75 Å². The Kier molecular flexibility index (Phi) is 8.54. The number of ether oxygens (including phenoxy) is 1. The molecule has 0 aromatic heterocycles. The minimum Gasteiger partial charge on any atom is -0.383 e. The van der Waals surface area contributed by atoms with Crippen LogP contribution in [0.1, 0.15) is 11.1 Å². The minimum absolute atomic E-state index is 0.00758. The first-order valence-electron chi connectivity index (χ1n) is 6.77. The lowest BCUT2D eigenvalue weighted by Gasteiger charge is -2.06. The second kappa shape index (κ2) is 10.2. The van der Waals surface area contributed by atoms with Crippen LogP contribution in [0.2, 0.25) is 0 Å². The molecule has 0 saturated heterocycles. The van der Waals surface area contributed by atoms with E-state index in [1.807, 2.05) is 6.92 Å². The van der Waals surface area contributed by atoms with Gasteiger partial charge in [0.05, 0.1) is 18.9 Å². The first kappa shape index (κ1) is 17.5. The maximum atomic E-state index is 11.6. The average molecular weight is 310 g/mol. The molecule has 6 heteroatoms. The number of thioether (sulfide) groups is 1. The lowest BCUT2D eigenvalue weighted by molar-refractivity contribution is -0.124. The Bertz CT molecular complexity index is 449. The Morgan fingerprint density at radius 1 is 1.14 bits per heavy atom. The van der Waals surface area contributed by atoms with Gasteiger partial charge < -0.3 is 15.4 Å². The highest BCUT2D eigenvalue weighted by Crippen LogP contribution is 2.12. The van der Waals surface area contributed by atoms with E-state index < -0.39 is 0 Å². The number of amides is 2. The molecule has 0 unspecified atom stereocenters. The predicted octanol–water partition coefficient (Wildman–Crippen LogP) is 1.11. The summed E-state index contributed by atoms with van der Waals surface area (Å²) in [7, 11) is 1.57. The zero-order valence-corrected chi connectivity index (χ0v) is 13.3. The fourth-order valence-electron chi connectivity index (χ4n) is 1.53. The second-order valence-corrected chi connectivity index (χ2v) is 5.58. The van der Waals surface area contributed by atoms with Gasteiger partial charge in [-0.05, 0) is 12.5 Å². The van der Waals surface area contributed by atoms with Crippen molar-refractivity contribution < 1.29 is 14.3 Å². The third-order valence-corrected chi connectivity index (χ3v) is 3.70. The summed E-state index contributed by atoms with van der Waals surface area (Å²) in [5.41, 5.74) is 2.41. The number of nitrogens with one attached hydrogen (secondary N) is 2. The Balaban J connectivity index is 2.11. The van der Waals surface area contributed by atoms with Gasteiger partial charge in [-0.15, -0.1) is 11.8 Å². The molecule has 2 N–H and O–H groups in total. The molecule has 1 aromatic carbocycles. The van der Waals surface area contributed by atoms with Crippen LogP contribution in [0.5, 0.6) is 0 Å². The summed E-state index contributed by atoms with van der Waals surface area (Å²) < 4.78 is 4.81. The molecule has 0 radical (unpaired) electrons. The van der Waals surface area contributed by atoms with Gasteiger partial charge in [0.25, 0.3) is 0 Å². The Morgan fingerprint density at radius 2 is 1.86 bits per heavy atom. The van der Waals surface area contributed by atoms with E-state index in [-0.39, 0.29) is 18.4 Å². The normalized spacial score (nSPS) is 10.2. The van der Waals surface area contributed by atoms with Crippen LogP contribution in [0.3, 0.4) is 0 Å². The summed E-state index contributed by atoms with van der Waals surface area (Å²) in [5, 5.41) is 5.23. The molecule has 0 atom stereocenters. The molecule has 0 bridgehead atoms. The third kappa shape index (κ3) is 8.37. The summed E-state index contributed by atoms with van der Waals surface area (Å²) in [6.45, 7) is 2.97. The second-order valence-electron chi connectivity index (χ2n) is 4.60. The first-order valence-corrected chi connectivity index (χ1v) is 7.93. The largest absolute Gasteiger partial charge is 0.383 e. The summed E-state index contributed by atoms with van der Waals surface area (Å²) >= 11 is 1.53. The van der Waals surface area contributed by atoms with Crippen molar-refractivity contribution >= 4 is 23.6 Å². The highest BCUT2D eigenvalue weighted by molar-refractivity contribution is 7.99. The fourth-order valence-corrected chi connectivity index (χ4v) is 2.35. The quantitative estimate of drug-likeness (QED) is 0.671. The van der Waals surface area contributed by atoms with Crippen LogP contribution in [-0.2, 0) is 20.1 Å². The topological polar surface area (TPSA) is 67.4 Å². The van der Waals surface area contributed by atoms with Crippen molar-refractivity contribution in [3.63, 3.8) is 0 Å². The number of aryl methyl sites for hydroxylation is 1. The van der Waals surface area contributed by atoms with Gasteiger partial charge in [0.1, 0.15) is 0 Å². The van der Waals surface area contributed by atoms with Crippen molar-refractivity contribution in [2.24, 2.45) is 0 Å². The van der Waals surface area contributed by atoms with Crippen LogP contribution in [0, 0.1) is 6.92 Å². The van der Waals surface area contributed by atoms with Crippen molar-refractivity contribution in [3.05, 3.63) is 35.4 Å². The SMILES string of the molecule is COCCNC(=O)CNC(=O)CSCc1ccc(C)cc1. The van der Waals surface area contributed by atoms with E-state index in [1.54, 1.807) is 7.11 Å². The number of methoxy groups -OCH3 is 1. The summed E-state index contributed by atoms with van der Waals surface area (Å²) in [4.78, 5) is 22.9. The zero-order chi connectivity index (χ0) is 15.5. The lowest BCUT2D eigenvalue weighted by atomic mass is 10.2. The van der Waals surface area contributed by atoms with E-state index in [4.69, 9.17) is 4.74 Å². The molecular weight excluding hydrogens is 288 g/mol. The van der Waals surface area contributed by atoms with Crippen LogP contribution in [0.4, 0.5) is 0 Å². The molecule has 0 aliphatic heterocycles. The highest BCUT2D eigenvalue weighted by atomic mass is 32.2. The number of hydrogen-bond donors (Lipinski definition) is 2. The van der Waals surface area contributed by atoms with Gasteiger partial charge in [-0.25, -0.2) is 0 Å². The van der Waals surface area contributed by atoms with E-state index >= 15 is 0 Å².